The van der Waals surface area contributed by atoms with Crippen LogP contribution in [0.25, 0.3) is 0 Å². The van der Waals surface area contributed by atoms with Gasteiger partial charge < -0.3 is 9.64 Å². The van der Waals surface area contributed by atoms with Crippen molar-refractivity contribution in [3.8, 4) is 0 Å². The van der Waals surface area contributed by atoms with Gasteiger partial charge in [-0.25, -0.2) is 9.48 Å². The molecule has 1 aromatic heterocycles. The molecule has 0 aliphatic carbocycles. The molecule has 2 aliphatic heterocycles. The van der Waals surface area contributed by atoms with Crippen LogP contribution in [0.15, 0.2) is 6.20 Å². The maximum absolute atomic E-state index is 12.4. The summed E-state index contributed by atoms with van der Waals surface area (Å²) in [5.41, 5.74) is -0.476. The molecule has 0 aromatic carbocycles. The second kappa shape index (κ2) is 7.34. The summed E-state index contributed by atoms with van der Waals surface area (Å²) in [5, 5.41) is 15.3. The standard InChI is InChI=1S/C17H28N6O4/c1-17(2,3)27-16(24)22-9-6-14(22)20-7-5-8-21(11-10-20)15-13(23(25)26)12-18-19(15)4/h12,14H,5-11H2,1-4H3. The summed E-state index contributed by atoms with van der Waals surface area (Å²) >= 11 is 0. The lowest BCUT2D eigenvalue weighted by Gasteiger charge is -2.46. The molecule has 1 aromatic rings. The van der Waals surface area contributed by atoms with E-state index in [1.165, 1.54) is 6.20 Å². The Labute approximate surface area is 158 Å². The van der Waals surface area contributed by atoms with Crippen LogP contribution < -0.4 is 4.90 Å². The summed E-state index contributed by atoms with van der Waals surface area (Å²) in [6, 6.07) is 0. The fraction of sp³-hybridized carbons (Fsp3) is 0.765. The lowest BCUT2D eigenvalue weighted by molar-refractivity contribution is -0.384. The van der Waals surface area contributed by atoms with Gasteiger partial charge in [-0.1, -0.05) is 0 Å². The number of aromatic nitrogens is 2. The Kier molecular flexibility index (Phi) is 5.27. The van der Waals surface area contributed by atoms with Crippen molar-refractivity contribution in [3.63, 3.8) is 0 Å². The highest BCUT2D eigenvalue weighted by Crippen LogP contribution is 2.30. The summed E-state index contributed by atoms with van der Waals surface area (Å²) in [7, 11) is 1.72. The number of aryl methyl sites for hydroxylation is 1. The molecule has 27 heavy (non-hydrogen) atoms. The third-order valence-electron chi connectivity index (χ3n) is 4.95. The topological polar surface area (TPSA) is 97.0 Å². The number of anilines is 1. The van der Waals surface area contributed by atoms with Crippen molar-refractivity contribution in [1.29, 1.82) is 0 Å². The van der Waals surface area contributed by atoms with E-state index in [9.17, 15) is 14.9 Å². The Morgan fingerprint density at radius 3 is 2.59 bits per heavy atom. The zero-order valence-corrected chi connectivity index (χ0v) is 16.4. The highest BCUT2D eigenvalue weighted by atomic mass is 16.6. The average Bonchev–Trinajstić information content (AvgIpc) is 2.74. The maximum atomic E-state index is 12.4. The van der Waals surface area contributed by atoms with Crippen LogP contribution in [0.5, 0.6) is 0 Å². The van der Waals surface area contributed by atoms with Gasteiger partial charge in [-0.3, -0.25) is 19.9 Å². The van der Waals surface area contributed by atoms with E-state index in [-0.39, 0.29) is 22.9 Å². The number of nitrogens with zero attached hydrogens (tertiary/aromatic N) is 6. The number of carbonyl (C=O) groups excluding carboxylic acids is 1. The Hall–Kier alpha value is -2.36. The largest absolute Gasteiger partial charge is 0.444 e. The van der Waals surface area contributed by atoms with Gasteiger partial charge in [-0.05, 0) is 33.6 Å². The van der Waals surface area contributed by atoms with Crippen LogP contribution in [0.2, 0.25) is 0 Å². The van der Waals surface area contributed by atoms with E-state index < -0.39 is 5.60 Å². The van der Waals surface area contributed by atoms with Crippen molar-refractivity contribution in [2.75, 3.05) is 37.6 Å². The van der Waals surface area contributed by atoms with E-state index in [1.807, 2.05) is 25.7 Å². The molecular weight excluding hydrogens is 352 g/mol. The first-order chi connectivity index (χ1) is 12.7. The van der Waals surface area contributed by atoms with E-state index in [0.717, 1.165) is 32.5 Å². The Bertz CT molecular complexity index is 713. The SMILES string of the molecule is Cn1ncc([N+](=O)[O-])c1N1CCCN(C2CCN2C(=O)OC(C)(C)C)CC1. The molecule has 10 nitrogen and oxygen atoms in total. The third-order valence-corrected chi connectivity index (χ3v) is 4.95. The monoisotopic (exact) mass is 380 g/mol. The minimum absolute atomic E-state index is 0.0324. The molecule has 0 bridgehead atoms. The third kappa shape index (κ3) is 4.15. The average molecular weight is 380 g/mol. The van der Waals surface area contributed by atoms with Crippen LogP contribution >= 0.6 is 0 Å². The summed E-state index contributed by atoms with van der Waals surface area (Å²) in [5.74, 6) is 0.541. The number of amides is 1. The molecule has 0 N–H and O–H groups in total. The minimum Gasteiger partial charge on any atom is -0.444 e. The number of ether oxygens (including phenoxy) is 1. The second-order valence-electron chi connectivity index (χ2n) is 8.05. The molecule has 2 saturated heterocycles. The van der Waals surface area contributed by atoms with E-state index in [1.54, 1.807) is 16.6 Å². The minimum atomic E-state index is -0.509. The van der Waals surface area contributed by atoms with Crippen LogP contribution in [0.1, 0.15) is 33.6 Å². The number of nitro groups is 1. The maximum Gasteiger partial charge on any atom is 0.411 e. The van der Waals surface area contributed by atoms with E-state index in [2.05, 4.69) is 10.00 Å². The number of rotatable bonds is 3. The summed E-state index contributed by atoms with van der Waals surface area (Å²) in [4.78, 5) is 29.3. The van der Waals surface area contributed by atoms with Crippen molar-refractivity contribution < 1.29 is 14.5 Å². The first-order valence-electron chi connectivity index (χ1n) is 9.32. The van der Waals surface area contributed by atoms with Crippen molar-refractivity contribution in [2.45, 2.75) is 45.4 Å². The van der Waals surface area contributed by atoms with E-state index in [0.29, 0.717) is 18.9 Å². The molecule has 150 valence electrons. The fourth-order valence-corrected chi connectivity index (χ4v) is 3.65. The molecule has 2 fully saturated rings. The highest BCUT2D eigenvalue weighted by Gasteiger charge is 2.39. The molecule has 3 heterocycles. The van der Waals surface area contributed by atoms with Crippen molar-refractivity contribution in [2.24, 2.45) is 7.05 Å². The van der Waals surface area contributed by atoms with Crippen LogP contribution in [0.3, 0.4) is 0 Å². The molecule has 2 aliphatic rings. The first kappa shape index (κ1) is 19.4. The molecule has 0 spiro atoms. The first-order valence-corrected chi connectivity index (χ1v) is 9.32. The normalized spacial score (nSPS) is 21.6. The van der Waals surface area contributed by atoms with E-state index >= 15 is 0 Å². The van der Waals surface area contributed by atoms with Gasteiger partial charge in [0.2, 0.25) is 5.82 Å². The lowest BCUT2D eigenvalue weighted by atomic mass is 10.1. The van der Waals surface area contributed by atoms with E-state index in [4.69, 9.17) is 4.74 Å². The molecule has 1 unspecified atom stereocenters. The molecule has 3 rings (SSSR count). The van der Waals surface area contributed by atoms with Gasteiger partial charge in [-0.15, -0.1) is 0 Å². The number of likely N-dealkylation sites (tertiary alicyclic amines) is 1. The van der Waals surface area contributed by atoms with Gasteiger partial charge in [0.1, 0.15) is 11.8 Å². The smallest absolute Gasteiger partial charge is 0.411 e. The van der Waals surface area contributed by atoms with Gasteiger partial charge in [-0.2, -0.15) is 5.10 Å². The Balaban J connectivity index is 1.65. The van der Waals surface area contributed by atoms with Gasteiger partial charge in [0, 0.05) is 39.8 Å². The fourth-order valence-electron chi connectivity index (χ4n) is 3.65. The van der Waals surface area contributed by atoms with Gasteiger partial charge in [0.15, 0.2) is 0 Å². The number of hydrogen-bond acceptors (Lipinski definition) is 7. The van der Waals surface area contributed by atoms with Crippen LogP contribution in [0.4, 0.5) is 16.3 Å². The number of hydrogen-bond donors (Lipinski definition) is 0. The van der Waals surface area contributed by atoms with Crippen molar-refractivity contribution >= 4 is 17.6 Å². The van der Waals surface area contributed by atoms with Crippen molar-refractivity contribution in [3.05, 3.63) is 16.3 Å². The predicted molar refractivity (Wildman–Crippen MR) is 99.6 cm³/mol. The van der Waals surface area contributed by atoms with Crippen LogP contribution in [-0.4, -0.2) is 75.1 Å². The Morgan fingerprint density at radius 1 is 1.26 bits per heavy atom. The molecule has 10 heteroatoms. The lowest BCUT2D eigenvalue weighted by Crippen LogP contribution is -2.61. The molecule has 1 atom stereocenters. The zero-order valence-electron chi connectivity index (χ0n) is 16.4. The number of carbonyl (C=O) groups is 1. The zero-order chi connectivity index (χ0) is 19.8. The summed E-state index contributed by atoms with van der Waals surface area (Å²) < 4.78 is 7.05. The molecule has 1 amide bonds. The summed E-state index contributed by atoms with van der Waals surface area (Å²) in [6.07, 6.45) is 2.85. The quantitative estimate of drug-likeness (QED) is 0.583. The molecular formula is C17H28N6O4. The van der Waals surface area contributed by atoms with Crippen molar-refractivity contribution in [1.82, 2.24) is 19.6 Å². The van der Waals surface area contributed by atoms with Crippen LogP contribution in [0, 0.1) is 10.1 Å². The predicted octanol–water partition coefficient (Wildman–Crippen LogP) is 1.81. The highest BCUT2D eigenvalue weighted by molar-refractivity contribution is 5.69. The van der Waals surface area contributed by atoms with Gasteiger partial charge >= 0.3 is 11.8 Å². The van der Waals surface area contributed by atoms with Gasteiger partial charge in [0.05, 0.1) is 11.1 Å². The van der Waals surface area contributed by atoms with Crippen LogP contribution in [-0.2, 0) is 11.8 Å². The molecule has 0 radical (unpaired) electrons. The second-order valence-corrected chi connectivity index (χ2v) is 8.05. The molecule has 0 saturated carbocycles. The Morgan fingerprint density at radius 2 is 2.00 bits per heavy atom. The summed E-state index contributed by atoms with van der Waals surface area (Å²) in [6.45, 7) is 9.24. The van der Waals surface area contributed by atoms with Gasteiger partial charge in [0.25, 0.3) is 0 Å².